The summed E-state index contributed by atoms with van der Waals surface area (Å²) in [6.45, 7) is 2.09. The zero-order valence-electron chi connectivity index (χ0n) is 6.36. The second-order valence-corrected chi connectivity index (χ2v) is 2.46. The number of imidazole rings is 1. The van der Waals surface area contributed by atoms with E-state index in [1.165, 1.54) is 0 Å². The minimum atomic E-state index is 0.966. The largest absolute Gasteiger partial charge is 0.303 e. The number of rotatable bonds is 1. The Morgan fingerprint density at radius 3 is 3.18 bits per heavy atom. The summed E-state index contributed by atoms with van der Waals surface area (Å²) < 4.78 is 1.98. The van der Waals surface area contributed by atoms with Gasteiger partial charge in [0.1, 0.15) is 0 Å². The predicted octanol–water partition coefficient (Wildman–Crippen LogP) is 1.29. The summed E-state index contributed by atoms with van der Waals surface area (Å²) in [6.07, 6.45) is 8.39. The van der Waals surface area contributed by atoms with Crippen molar-refractivity contribution < 1.29 is 0 Å². The van der Waals surface area contributed by atoms with Crippen LogP contribution in [0.2, 0.25) is 0 Å². The van der Waals surface area contributed by atoms with Crippen LogP contribution in [0.3, 0.4) is 0 Å². The molecule has 0 amide bonds. The zero-order chi connectivity index (χ0) is 7.68. The quantitative estimate of drug-likeness (QED) is 0.608. The van der Waals surface area contributed by atoms with Crippen LogP contribution in [0.4, 0.5) is 0 Å². The molecule has 2 heterocycles. The van der Waals surface area contributed by atoms with Crippen molar-refractivity contribution >= 4 is 5.52 Å². The summed E-state index contributed by atoms with van der Waals surface area (Å²) in [7, 11) is 0. The highest BCUT2D eigenvalue weighted by molar-refractivity contribution is 5.41. The molecule has 2 aromatic rings. The van der Waals surface area contributed by atoms with Gasteiger partial charge in [-0.05, 0) is 6.42 Å². The molecule has 0 saturated carbocycles. The molecular weight excluding hydrogens is 138 g/mol. The van der Waals surface area contributed by atoms with Gasteiger partial charge in [-0.1, -0.05) is 6.92 Å². The second-order valence-electron chi connectivity index (χ2n) is 2.46. The first-order valence-electron chi connectivity index (χ1n) is 3.66. The maximum Gasteiger partial charge on any atom is 0.0993 e. The Bertz CT molecular complexity index is 364. The summed E-state index contributed by atoms with van der Waals surface area (Å²) in [5.41, 5.74) is 2.14. The standard InChI is InChI=1S/C8H9N3/c1-2-7-5-11-6-9-3-8(11)4-10-7/h3-6H,2H2,1H3. The Hall–Kier alpha value is -1.38. The first-order valence-corrected chi connectivity index (χ1v) is 3.66. The highest BCUT2D eigenvalue weighted by Gasteiger charge is 1.93. The maximum atomic E-state index is 4.24. The van der Waals surface area contributed by atoms with Crippen LogP contribution >= 0.6 is 0 Å². The summed E-state index contributed by atoms with van der Waals surface area (Å²) in [4.78, 5) is 8.24. The number of hydrogen-bond donors (Lipinski definition) is 0. The molecule has 0 radical (unpaired) electrons. The molecule has 0 fully saturated rings. The lowest BCUT2D eigenvalue weighted by atomic mass is 10.3. The normalized spacial score (nSPS) is 10.6. The molecule has 2 rings (SSSR count). The summed E-state index contributed by atoms with van der Waals surface area (Å²) in [5.74, 6) is 0. The van der Waals surface area contributed by atoms with Gasteiger partial charge in [-0.25, -0.2) is 4.98 Å². The Morgan fingerprint density at radius 2 is 2.36 bits per heavy atom. The van der Waals surface area contributed by atoms with Crippen LogP contribution in [0.25, 0.3) is 5.52 Å². The average Bonchev–Trinajstić information content (AvgIpc) is 2.50. The van der Waals surface area contributed by atoms with Crippen molar-refractivity contribution in [3.63, 3.8) is 0 Å². The van der Waals surface area contributed by atoms with Crippen LogP contribution < -0.4 is 0 Å². The van der Waals surface area contributed by atoms with E-state index in [-0.39, 0.29) is 0 Å². The predicted molar refractivity (Wildman–Crippen MR) is 42.4 cm³/mol. The fourth-order valence-electron chi connectivity index (χ4n) is 1.05. The third-order valence-electron chi connectivity index (χ3n) is 1.71. The van der Waals surface area contributed by atoms with Crippen molar-refractivity contribution in [2.75, 3.05) is 0 Å². The second kappa shape index (κ2) is 2.34. The zero-order valence-corrected chi connectivity index (χ0v) is 6.36. The molecule has 0 N–H and O–H groups in total. The van der Waals surface area contributed by atoms with Crippen LogP contribution in [0.15, 0.2) is 24.9 Å². The molecule has 0 aliphatic carbocycles. The Labute approximate surface area is 64.7 Å². The minimum Gasteiger partial charge on any atom is -0.303 e. The molecule has 0 bridgehead atoms. The monoisotopic (exact) mass is 147 g/mol. The van der Waals surface area contributed by atoms with Gasteiger partial charge in [0.15, 0.2) is 0 Å². The number of nitrogens with zero attached hydrogens (tertiary/aromatic N) is 3. The van der Waals surface area contributed by atoms with E-state index in [9.17, 15) is 0 Å². The summed E-state index contributed by atoms with van der Waals surface area (Å²) in [5, 5.41) is 0. The lowest BCUT2D eigenvalue weighted by Crippen LogP contribution is -1.90. The average molecular weight is 147 g/mol. The molecule has 3 heteroatoms. The smallest absolute Gasteiger partial charge is 0.0993 e. The molecule has 0 aliphatic heterocycles. The van der Waals surface area contributed by atoms with Gasteiger partial charge in [0.2, 0.25) is 0 Å². The van der Waals surface area contributed by atoms with E-state index < -0.39 is 0 Å². The van der Waals surface area contributed by atoms with Gasteiger partial charge >= 0.3 is 0 Å². The van der Waals surface area contributed by atoms with Crippen molar-refractivity contribution in [1.82, 2.24) is 14.4 Å². The van der Waals surface area contributed by atoms with Crippen molar-refractivity contribution in [3.05, 3.63) is 30.6 Å². The number of fused-ring (bicyclic) bond motifs is 1. The van der Waals surface area contributed by atoms with Crippen molar-refractivity contribution in [2.45, 2.75) is 13.3 Å². The van der Waals surface area contributed by atoms with Crippen LogP contribution in [0.5, 0.6) is 0 Å². The molecule has 0 saturated heterocycles. The molecule has 0 spiro atoms. The molecule has 2 aromatic heterocycles. The fourth-order valence-corrected chi connectivity index (χ4v) is 1.05. The number of aryl methyl sites for hydroxylation is 1. The van der Waals surface area contributed by atoms with Crippen molar-refractivity contribution in [1.29, 1.82) is 0 Å². The Balaban J connectivity index is 2.67. The van der Waals surface area contributed by atoms with E-state index >= 15 is 0 Å². The van der Waals surface area contributed by atoms with Gasteiger partial charge in [-0.2, -0.15) is 0 Å². The number of hydrogen-bond acceptors (Lipinski definition) is 2. The SMILES string of the molecule is CCc1cn2cncc2cn1. The van der Waals surface area contributed by atoms with E-state index in [1.54, 1.807) is 12.5 Å². The molecule has 56 valence electrons. The van der Waals surface area contributed by atoms with E-state index in [0.29, 0.717) is 0 Å². The summed E-state index contributed by atoms with van der Waals surface area (Å²) >= 11 is 0. The molecule has 11 heavy (non-hydrogen) atoms. The Morgan fingerprint density at radius 1 is 1.45 bits per heavy atom. The van der Waals surface area contributed by atoms with Crippen LogP contribution in [0.1, 0.15) is 12.6 Å². The third-order valence-corrected chi connectivity index (χ3v) is 1.71. The first-order chi connectivity index (χ1) is 5.40. The van der Waals surface area contributed by atoms with Crippen molar-refractivity contribution in [2.24, 2.45) is 0 Å². The Kier molecular flexibility index (Phi) is 1.35. The summed E-state index contributed by atoms with van der Waals surface area (Å²) in [6, 6.07) is 0. The molecule has 0 unspecified atom stereocenters. The van der Waals surface area contributed by atoms with Gasteiger partial charge < -0.3 is 4.40 Å². The topological polar surface area (TPSA) is 30.2 Å². The lowest BCUT2D eigenvalue weighted by molar-refractivity contribution is 0.981. The fraction of sp³-hybridized carbons (Fsp3) is 0.250. The number of aromatic nitrogens is 3. The van der Waals surface area contributed by atoms with Gasteiger partial charge in [-0.3, -0.25) is 4.98 Å². The lowest BCUT2D eigenvalue weighted by Gasteiger charge is -1.95. The van der Waals surface area contributed by atoms with E-state index in [4.69, 9.17) is 0 Å². The molecular formula is C8H9N3. The van der Waals surface area contributed by atoms with Gasteiger partial charge in [0, 0.05) is 6.20 Å². The highest BCUT2D eigenvalue weighted by Crippen LogP contribution is 2.01. The van der Waals surface area contributed by atoms with Crippen LogP contribution in [-0.2, 0) is 6.42 Å². The maximum absolute atomic E-state index is 4.24. The van der Waals surface area contributed by atoms with E-state index in [0.717, 1.165) is 17.6 Å². The third kappa shape index (κ3) is 0.981. The van der Waals surface area contributed by atoms with Crippen LogP contribution in [-0.4, -0.2) is 14.4 Å². The first kappa shape index (κ1) is 6.34. The molecule has 0 atom stereocenters. The minimum absolute atomic E-state index is 0.966. The molecule has 0 aromatic carbocycles. The van der Waals surface area contributed by atoms with Gasteiger partial charge in [0.05, 0.1) is 29.9 Å². The van der Waals surface area contributed by atoms with E-state index in [2.05, 4.69) is 16.9 Å². The molecule has 0 aliphatic rings. The highest BCUT2D eigenvalue weighted by atomic mass is 15.0. The van der Waals surface area contributed by atoms with E-state index in [1.807, 2.05) is 16.8 Å². The van der Waals surface area contributed by atoms with Gasteiger partial charge in [0.25, 0.3) is 0 Å². The van der Waals surface area contributed by atoms with Crippen molar-refractivity contribution in [3.8, 4) is 0 Å². The molecule has 3 nitrogen and oxygen atoms in total. The van der Waals surface area contributed by atoms with Crippen LogP contribution in [0, 0.1) is 0 Å². The van der Waals surface area contributed by atoms with Gasteiger partial charge in [-0.15, -0.1) is 0 Å².